The molecule has 0 unspecified atom stereocenters. The van der Waals surface area contributed by atoms with Crippen molar-refractivity contribution in [3.63, 3.8) is 0 Å². The maximum absolute atomic E-state index is 11.9. The average molecular weight is 349 g/mol. The third kappa shape index (κ3) is 6.74. The van der Waals surface area contributed by atoms with Crippen molar-refractivity contribution in [2.24, 2.45) is 5.92 Å². The minimum atomic E-state index is -0.153. The van der Waals surface area contributed by atoms with E-state index < -0.39 is 0 Å². The fourth-order valence-electron chi connectivity index (χ4n) is 2.10. The molecule has 0 amide bonds. The van der Waals surface area contributed by atoms with Gasteiger partial charge in [-0.25, -0.2) is 12.2 Å². The number of hydrogen-bond donors (Lipinski definition) is 0. The number of allylic oxidation sites excluding steroid dienone is 2. The van der Waals surface area contributed by atoms with Crippen LogP contribution in [0.4, 0.5) is 0 Å². The molecule has 3 rings (SSSR count). The first-order chi connectivity index (χ1) is 11.1. The molecule has 0 bridgehead atoms. The number of rotatable bonds is 2. The summed E-state index contributed by atoms with van der Waals surface area (Å²) in [6, 6.07) is 5.37. The van der Waals surface area contributed by atoms with E-state index in [-0.39, 0.29) is 56.9 Å². The molecule has 4 nitrogen and oxygen atoms in total. The Labute approximate surface area is 186 Å². The van der Waals surface area contributed by atoms with Gasteiger partial charge in [-0.05, 0) is 31.0 Å². The zero-order chi connectivity index (χ0) is 16.7. The number of fused-ring (bicyclic) bond motifs is 1. The van der Waals surface area contributed by atoms with Gasteiger partial charge in [0.1, 0.15) is 5.56 Å². The first-order valence-corrected chi connectivity index (χ1v) is 7.80. The fraction of sp³-hybridized carbons (Fsp3) is 0.368. The molecule has 2 aromatic heterocycles. The predicted molar refractivity (Wildman–Crippen MR) is 92.0 cm³/mol. The van der Waals surface area contributed by atoms with Crippen LogP contribution < -0.4 is 56.9 Å². The van der Waals surface area contributed by atoms with Gasteiger partial charge in [0.05, 0.1) is 5.65 Å². The smallest absolute Gasteiger partial charge is 0.381 e. The monoisotopic (exact) mass is 349 g/mol. The van der Waals surface area contributed by atoms with Crippen LogP contribution in [0.1, 0.15) is 32.3 Å². The molecule has 1 aliphatic heterocycles. The van der Waals surface area contributed by atoms with E-state index in [2.05, 4.69) is 30.8 Å². The van der Waals surface area contributed by atoms with Crippen molar-refractivity contribution < 1.29 is 56.1 Å². The molecule has 3 heterocycles. The third-order valence-corrected chi connectivity index (χ3v) is 3.55. The van der Waals surface area contributed by atoms with Gasteiger partial charge in [0.15, 0.2) is 0 Å². The summed E-state index contributed by atoms with van der Waals surface area (Å²) in [4.78, 5) is 16.0. The average Bonchev–Trinajstić information content (AvgIpc) is 2.56. The van der Waals surface area contributed by atoms with Gasteiger partial charge in [0.2, 0.25) is 0 Å². The molecular weight excluding hydrogens is 327 g/mol. The summed E-state index contributed by atoms with van der Waals surface area (Å²) in [5.74, 6) is 0.911. The molecule has 0 N–H and O–H groups in total. The van der Waals surface area contributed by atoms with Gasteiger partial charge in [0, 0.05) is 13.2 Å². The molecule has 1 fully saturated rings. The van der Waals surface area contributed by atoms with Gasteiger partial charge in [-0.15, -0.1) is 0 Å². The summed E-state index contributed by atoms with van der Waals surface area (Å²) in [5.41, 5.74) is 1.57. The SMILES string of the molecule is C=C(C)[C-]=Cc1[c-]nc2ccccn2c1=O.CC1CCOCC1.[K+]. The molecule has 0 radical (unpaired) electrons. The first kappa shape index (κ1) is 21.5. The van der Waals surface area contributed by atoms with Crippen LogP contribution in [0.25, 0.3) is 11.7 Å². The summed E-state index contributed by atoms with van der Waals surface area (Å²) in [5, 5.41) is 0. The predicted octanol–water partition coefficient (Wildman–Crippen LogP) is 0.324. The number of hydrogen-bond acceptors (Lipinski definition) is 3. The molecule has 0 aliphatic carbocycles. The van der Waals surface area contributed by atoms with Crippen molar-refractivity contribution in [1.29, 1.82) is 0 Å². The van der Waals surface area contributed by atoms with E-state index in [9.17, 15) is 4.79 Å². The van der Waals surface area contributed by atoms with Crippen LogP contribution in [0.3, 0.4) is 0 Å². The van der Waals surface area contributed by atoms with Crippen LogP contribution in [-0.2, 0) is 4.74 Å². The molecule has 1 saturated heterocycles. The summed E-state index contributed by atoms with van der Waals surface area (Å²) in [6.07, 6.45) is 11.3. The van der Waals surface area contributed by atoms with Crippen LogP contribution in [0.2, 0.25) is 0 Å². The van der Waals surface area contributed by atoms with Gasteiger partial charge in [-0.3, -0.25) is 0 Å². The number of ether oxygens (including phenoxy) is 1. The van der Waals surface area contributed by atoms with E-state index in [4.69, 9.17) is 4.74 Å². The maximum Gasteiger partial charge on any atom is 1.00 e. The van der Waals surface area contributed by atoms with Gasteiger partial charge in [-0.2, -0.15) is 17.7 Å². The summed E-state index contributed by atoms with van der Waals surface area (Å²) in [7, 11) is 0. The minimum Gasteiger partial charge on any atom is -0.381 e. The van der Waals surface area contributed by atoms with Crippen LogP contribution in [-0.4, -0.2) is 22.6 Å². The summed E-state index contributed by atoms with van der Waals surface area (Å²) in [6.45, 7) is 9.74. The van der Waals surface area contributed by atoms with E-state index in [1.807, 2.05) is 13.0 Å². The second-order valence-electron chi connectivity index (χ2n) is 5.74. The Bertz CT molecular complexity index is 746. The van der Waals surface area contributed by atoms with E-state index >= 15 is 0 Å². The number of pyridine rings is 1. The Morgan fingerprint density at radius 3 is 2.75 bits per heavy atom. The Morgan fingerprint density at radius 2 is 2.17 bits per heavy atom. The standard InChI is InChI=1S/C13H10N2O.C6H12O.K/c1-10(2)6-7-11-9-14-12-5-3-4-8-15(12)13(11)16;1-6-2-4-7-5-3-6;/h3-5,7-8H,1H2,2H3;6H,2-5H2,1H3;/q-2;;+1. The van der Waals surface area contributed by atoms with E-state index in [0.717, 1.165) is 24.7 Å². The van der Waals surface area contributed by atoms with E-state index in [1.54, 1.807) is 24.4 Å². The van der Waals surface area contributed by atoms with Gasteiger partial charge >= 0.3 is 51.4 Å². The Kier molecular flexibility index (Phi) is 9.96. The van der Waals surface area contributed by atoms with E-state index in [0.29, 0.717) is 11.2 Å². The van der Waals surface area contributed by atoms with Crippen molar-refractivity contribution in [3.05, 3.63) is 64.7 Å². The Morgan fingerprint density at radius 1 is 1.46 bits per heavy atom. The van der Waals surface area contributed by atoms with Crippen molar-refractivity contribution in [2.75, 3.05) is 13.2 Å². The summed E-state index contributed by atoms with van der Waals surface area (Å²) >= 11 is 0. The molecule has 0 saturated carbocycles. The quantitative estimate of drug-likeness (QED) is 0.446. The van der Waals surface area contributed by atoms with Crippen LogP contribution in [0, 0.1) is 18.2 Å². The molecule has 0 aromatic carbocycles. The Balaban J connectivity index is 0.000000304. The van der Waals surface area contributed by atoms with Gasteiger partial charge in [0.25, 0.3) is 0 Å². The van der Waals surface area contributed by atoms with Crippen LogP contribution >= 0.6 is 0 Å². The van der Waals surface area contributed by atoms with Gasteiger partial charge < -0.3 is 18.9 Å². The van der Waals surface area contributed by atoms with E-state index in [1.165, 1.54) is 17.2 Å². The van der Waals surface area contributed by atoms with Crippen molar-refractivity contribution in [3.8, 4) is 0 Å². The topological polar surface area (TPSA) is 43.6 Å². The molecule has 2 aromatic rings. The maximum atomic E-state index is 11.9. The number of aromatic nitrogens is 2. The molecular formula is C19H22KN2O2-. The largest absolute Gasteiger partial charge is 1.00 e. The normalized spacial score (nSPS) is 14.8. The molecule has 0 atom stereocenters. The van der Waals surface area contributed by atoms with Gasteiger partial charge in [-0.1, -0.05) is 32.2 Å². The molecule has 0 spiro atoms. The van der Waals surface area contributed by atoms with Crippen molar-refractivity contribution in [2.45, 2.75) is 26.7 Å². The third-order valence-electron chi connectivity index (χ3n) is 3.55. The summed E-state index contributed by atoms with van der Waals surface area (Å²) < 4.78 is 6.61. The Hall–Kier alpha value is -0.564. The second-order valence-corrected chi connectivity index (χ2v) is 5.74. The van der Waals surface area contributed by atoms with Crippen LogP contribution in [0.5, 0.6) is 0 Å². The second kappa shape index (κ2) is 11.1. The van der Waals surface area contributed by atoms with Crippen molar-refractivity contribution >= 4 is 11.7 Å². The fourth-order valence-corrected chi connectivity index (χ4v) is 2.10. The minimum absolute atomic E-state index is 0. The number of nitrogens with zero attached hydrogens (tertiary/aromatic N) is 2. The molecule has 122 valence electrons. The first-order valence-electron chi connectivity index (χ1n) is 7.80. The molecule has 5 heteroatoms. The molecule has 1 aliphatic rings. The zero-order valence-corrected chi connectivity index (χ0v) is 17.8. The molecule has 24 heavy (non-hydrogen) atoms. The van der Waals surface area contributed by atoms with Crippen molar-refractivity contribution in [1.82, 2.24) is 9.38 Å². The zero-order valence-electron chi connectivity index (χ0n) is 14.7. The van der Waals surface area contributed by atoms with Crippen LogP contribution in [0.15, 0.2) is 41.3 Å².